The van der Waals surface area contributed by atoms with Gasteiger partial charge in [0.15, 0.2) is 0 Å². The molecule has 11 heteroatoms. The third kappa shape index (κ3) is 8.43. The second-order valence-electron chi connectivity index (χ2n) is 15.3. The second-order valence-corrected chi connectivity index (χ2v) is 15.3. The number of ether oxygens (including phenoxy) is 4. The summed E-state index contributed by atoms with van der Waals surface area (Å²) in [6.07, 6.45) is 3.63. The quantitative estimate of drug-likeness (QED) is 0.0975. The highest BCUT2D eigenvalue weighted by atomic mass is 16.5. The van der Waals surface area contributed by atoms with Crippen LogP contribution in [-0.2, 0) is 36.1 Å². The van der Waals surface area contributed by atoms with Crippen LogP contribution in [0.1, 0.15) is 53.6 Å². The molecule has 4 aromatic carbocycles. The number of hydrogen-bond donors (Lipinski definition) is 1. The van der Waals surface area contributed by atoms with E-state index in [9.17, 15) is 9.90 Å². The normalized spacial score (nSPS) is 15.4. The van der Waals surface area contributed by atoms with Crippen LogP contribution < -0.4 is 14.4 Å². The Morgan fingerprint density at radius 2 is 1.62 bits per heavy atom. The molecule has 0 saturated carbocycles. The van der Waals surface area contributed by atoms with Gasteiger partial charge >= 0.3 is 5.97 Å². The number of para-hydroxylation sites is 1. The van der Waals surface area contributed by atoms with Crippen LogP contribution in [0.2, 0.25) is 0 Å². The largest absolute Gasteiger partial charge is 0.493 e. The lowest BCUT2D eigenvalue weighted by Gasteiger charge is -2.33. The Kier molecular flexibility index (Phi) is 12.3. The van der Waals surface area contributed by atoms with Gasteiger partial charge in [-0.2, -0.15) is 5.10 Å². The Morgan fingerprint density at radius 3 is 2.40 bits per heavy atom. The molecule has 304 valence electrons. The summed E-state index contributed by atoms with van der Waals surface area (Å²) in [6, 6.07) is 28.8. The van der Waals surface area contributed by atoms with Gasteiger partial charge in [0, 0.05) is 80.5 Å². The van der Waals surface area contributed by atoms with E-state index < -0.39 is 5.97 Å². The van der Waals surface area contributed by atoms with E-state index in [1.807, 2.05) is 65.7 Å². The first-order valence-corrected chi connectivity index (χ1v) is 20.8. The number of carbonyl (C=O) groups is 1. The number of carboxylic acid groups (broad SMARTS) is 1. The number of aromatic carboxylic acids is 1. The predicted molar refractivity (Wildman–Crippen MR) is 228 cm³/mol. The van der Waals surface area contributed by atoms with Crippen molar-refractivity contribution in [1.82, 2.24) is 19.2 Å². The number of fused-ring (bicyclic) bond motifs is 2. The first-order valence-electron chi connectivity index (χ1n) is 20.8. The van der Waals surface area contributed by atoms with Gasteiger partial charge in [-0.25, -0.2) is 4.79 Å². The van der Waals surface area contributed by atoms with E-state index in [1.54, 1.807) is 0 Å². The molecule has 58 heavy (non-hydrogen) atoms. The van der Waals surface area contributed by atoms with Crippen LogP contribution in [0.4, 0.5) is 5.69 Å². The smallest absolute Gasteiger partial charge is 0.352 e. The highest BCUT2D eigenvalue weighted by Crippen LogP contribution is 2.39. The van der Waals surface area contributed by atoms with Gasteiger partial charge in [-0.3, -0.25) is 9.58 Å². The molecule has 0 spiro atoms. The van der Waals surface area contributed by atoms with Gasteiger partial charge in [0.1, 0.15) is 23.8 Å². The van der Waals surface area contributed by atoms with Crippen molar-refractivity contribution in [3.8, 4) is 22.6 Å². The maximum absolute atomic E-state index is 13.3. The first kappa shape index (κ1) is 39.5. The molecule has 4 heterocycles. The van der Waals surface area contributed by atoms with Crippen molar-refractivity contribution >= 4 is 33.3 Å². The van der Waals surface area contributed by atoms with Gasteiger partial charge < -0.3 is 33.5 Å². The number of hydrogen-bond acceptors (Lipinski definition) is 8. The first-order chi connectivity index (χ1) is 28.4. The molecular formula is C47H55N5O6. The van der Waals surface area contributed by atoms with Crippen molar-refractivity contribution in [2.75, 3.05) is 64.1 Å². The number of aryl methyl sites for hydroxylation is 3. The molecule has 0 radical (unpaired) electrons. The topological polar surface area (TPSA) is 103 Å². The van der Waals surface area contributed by atoms with E-state index in [4.69, 9.17) is 24.0 Å². The summed E-state index contributed by atoms with van der Waals surface area (Å²) in [4.78, 5) is 18.1. The molecule has 2 saturated heterocycles. The summed E-state index contributed by atoms with van der Waals surface area (Å²) in [6.45, 7) is 11.8. The zero-order valence-electron chi connectivity index (χ0n) is 34.0. The van der Waals surface area contributed by atoms with Crippen LogP contribution in [0, 0.1) is 6.92 Å². The SMILES string of the molecule is CCOC1CCN(c2ccc(OCc3c(-c4cccc5c(CCCOc6cccc7ccccc67)c(C(=O)O)n(CCN6CCOCC6)c45)c(C)nn3C)cc2)CC1. The molecule has 0 unspecified atom stereocenters. The van der Waals surface area contributed by atoms with E-state index in [0.717, 1.165) is 107 Å². The Morgan fingerprint density at radius 1 is 0.879 bits per heavy atom. The maximum Gasteiger partial charge on any atom is 0.352 e. The lowest BCUT2D eigenvalue weighted by atomic mass is 9.98. The van der Waals surface area contributed by atoms with E-state index in [2.05, 4.69) is 59.2 Å². The summed E-state index contributed by atoms with van der Waals surface area (Å²) < 4.78 is 28.2. The average Bonchev–Trinajstić information content (AvgIpc) is 3.73. The minimum Gasteiger partial charge on any atom is -0.493 e. The molecule has 0 aliphatic carbocycles. The van der Waals surface area contributed by atoms with Crippen molar-refractivity contribution in [2.45, 2.75) is 58.8 Å². The molecular weight excluding hydrogens is 731 g/mol. The fourth-order valence-electron chi connectivity index (χ4n) is 8.87. The van der Waals surface area contributed by atoms with Crippen molar-refractivity contribution in [3.05, 3.63) is 108 Å². The molecule has 8 rings (SSSR count). The van der Waals surface area contributed by atoms with Gasteiger partial charge in [0.25, 0.3) is 0 Å². The van der Waals surface area contributed by atoms with Crippen molar-refractivity contribution in [3.63, 3.8) is 0 Å². The van der Waals surface area contributed by atoms with Gasteiger partial charge in [-0.15, -0.1) is 0 Å². The van der Waals surface area contributed by atoms with Gasteiger partial charge in [-0.1, -0.05) is 54.6 Å². The number of aromatic nitrogens is 3. The summed E-state index contributed by atoms with van der Waals surface area (Å²) in [5, 5.41) is 18.9. The fourth-order valence-corrected chi connectivity index (χ4v) is 8.87. The van der Waals surface area contributed by atoms with Crippen LogP contribution in [0.3, 0.4) is 0 Å². The van der Waals surface area contributed by atoms with Crippen LogP contribution >= 0.6 is 0 Å². The molecule has 11 nitrogen and oxygen atoms in total. The Bertz CT molecular complexity index is 2330. The second kappa shape index (κ2) is 18.1. The lowest BCUT2D eigenvalue weighted by molar-refractivity contribution is 0.0362. The number of nitrogens with zero attached hydrogens (tertiary/aromatic N) is 5. The molecule has 0 bridgehead atoms. The van der Waals surface area contributed by atoms with Crippen LogP contribution in [0.5, 0.6) is 11.5 Å². The van der Waals surface area contributed by atoms with Gasteiger partial charge in [-0.05, 0) is 80.8 Å². The molecule has 2 fully saturated rings. The van der Waals surface area contributed by atoms with Crippen molar-refractivity contribution in [1.29, 1.82) is 0 Å². The lowest BCUT2D eigenvalue weighted by Crippen LogP contribution is -2.38. The summed E-state index contributed by atoms with van der Waals surface area (Å²) in [7, 11) is 1.95. The zero-order chi connectivity index (χ0) is 40.0. The van der Waals surface area contributed by atoms with Crippen molar-refractivity contribution < 1.29 is 28.8 Å². The van der Waals surface area contributed by atoms with E-state index >= 15 is 0 Å². The number of benzene rings is 4. The molecule has 2 aliphatic heterocycles. The molecule has 2 aromatic heterocycles. The Hall–Kier alpha value is -5.36. The summed E-state index contributed by atoms with van der Waals surface area (Å²) in [5.74, 6) is 0.691. The van der Waals surface area contributed by atoms with Crippen LogP contribution in [0.25, 0.3) is 32.8 Å². The number of piperidine rings is 1. The molecule has 1 N–H and O–H groups in total. The summed E-state index contributed by atoms with van der Waals surface area (Å²) >= 11 is 0. The molecule has 6 aromatic rings. The highest BCUT2D eigenvalue weighted by Gasteiger charge is 2.28. The molecule has 2 aliphatic rings. The van der Waals surface area contributed by atoms with Crippen LogP contribution in [-0.4, -0.2) is 95.6 Å². The Labute approximate surface area is 340 Å². The van der Waals surface area contributed by atoms with Crippen molar-refractivity contribution in [2.24, 2.45) is 7.05 Å². The number of morpholine rings is 1. The number of anilines is 1. The molecule has 0 atom stereocenters. The maximum atomic E-state index is 13.3. The van der Waals surface area contributed by atoms with E-state index in [-0.39, 0.29) is 0 Å². The number of carboxylic acids is 1. The zero-order valence-corrected chi connectivity index (χ0v) is 34.0. The third-order valence-corrected chi connectivity index (χ3v) is 11.7. The standard InChI is InChI=1S/C47H55N5O6/c1-4-56-37-21-23-51(24-22-37)35-17-19-36(20-18-35)58-32-42-44(33(2)48-49(42)3)41-14-8-13-39-40(15-9-29-57-43-16-7-11-34-10-5-6-12-38(34)43)46(47(53)54)52(45(39)41)26-25-50-27-30-55-31-28-50/h5-8,10-14,16-20,37H,4,9,15,21-32H2,1-3H3,(H,53,54). The highest BCUT2D eigenvalue weighted by molar-refractivity contribution is 6.04. The Balaban J connectivity index is 1.08. The van der Waals surface area contributed by atoms with Crippen LogP contribution in [0.15, 0.2) is 84.9 Å². The predicted octanol–water partition coefficient (Wildman–Crippen LogP) is 8.13. The fraction of sp³-hybridized carbons (Fsp3) is 0.404. The number of rotatable bonds is 16. The van der Waals surface area contributed by atoms with Gasteiger partial charge in [0.2, 0.25) is 0 Å². The minimum absolute atomic E-state index is 0.306. The average molecular weight is 786 g/mol. The van der Waals surface area contributed by atoms with Gasteiger partial charge in [0.05, 0.1) is 42.8 Å². The van der Waals surface area contributed by atoms with E-state index in [1.165, 1.54) is 5.69 Å². The monoisotopic (exact) mass is 785 g/mol. The third-order valence-electron chi connectivity index (χ3n) is 11.7. The molecule has 0 amide bonds. The summed E-state index contributed by atoms with van der Waals surface area (Å²) in [5.41, 5.74) is 6.97. The minimum atomic E-state index is -0.928. The van der Waals surface area contributed by atoms with E-state index in [0.29, 0.717) is 64.2 Å².